The number of likely N-dealkylation sites (tertiary alicyclic amines) is 1. The fourth-order valence-corrected chi connectivity index (χ4v) is 3.07. The van der Waals surface area contributed by atoms with E-state index in [-0.39, 0.29) is 12.5 Å². The van der Waals surface area contributed by atoms with E-state index in [1.165, 1.54) is 12.0 Å². The molecule has 1 amide bonds. The van der Waals surface area contributed by atoms with Crippen LogP contribution in [0.3, 0.4) is 0 Å². The molecule has 1 unspecified atom stereocenters. The van der Waals surface area contributed by atoms with Gasteiger partial charge in [-0.3, -0.25) is 4.79 Å². The average Bonchev–Trinajstić information content (AvgIpc) is 2.61. The van der Waals surface area contributed by atoms with Crippen LogP contribution < -0.4 is 4.74 Å². The van der Waals surface area contributed by atoms with Crippen LogP contribution in [0.2, 0.25) is 0 Å². The van der Waals surface area contributed by atoms with Crippen LogP contribution >= 0.6 is 0 Å². The average molecular weight is 309 g/mol. The molecule has 0 radical (unpaired) electrons. The van der Waals surface area contributed by atoms with Gasteiger partial charge in [-0.1, -0.05) is 42.5 Å². The van der Waals surface area contributed by atoms with Gasteiger partial charge in [-0.2, -0.15) is 0 Å². The Labute approximate surface area is 137 Å². The van der Waals surface area contributed by atoms with Gasteiger partial charge >= 0.3 is 0 Å². The Kier molecular flexibility index (Phi) is 4.96. The van der Waals surface area contributed by atoms with Gasteiger partial charge in [-0.25, -0.2) is 0 Å². The maximum atomic E-state index is 12.3. The van der Waals surface area contributed by atoms with Gasteiger partial charge in [0, 0.05) is 12.6 Å². The molecule has 1 aliphatic rings. The van der Waals surface area contributed by atoms with E-state index in [0.29, 0.717) is 6.04 Å². The summed E-state index contributed by atoms with van der Waals surface area (Å²) in [5.41, 5.74) is 2.33. The van der Waals surface area contributed by atoms with Crippen LogP contribution in [0.4, 0.5) is 0 Å². The van der Waals surface area contributed by atoms with E-state index in [9.17, 15) is 4.79 Å². The molecule has 0 saturated carbocycles. The van der Waals surface area contributed by atoms with Crippen LogP contribution in [-0.2, 0) is 4.79 Å². The zero-order chi connectivity index (χ0) is 16.1. The fraction of sp³-hybridized carbons (Fsp3) is 0.350. The molecule has 0 N–H and O–H groups in total. The van der Waals surface area contributed by atoms with Gasteiger partial charge in [0.1, 0.15) is 5.75 Å². The summed E-state index contributed by atoms with van der Waals surface area (Å²) in [6, 6.07) is 18.5. The monoisotopic (exact) mass is 309 g/mol. The number of hydrogen-bond donors (Lipinski definition) is 0. The standard InChI is InChI=1S/C20H23NO2/c1-16-7-5-6-14-21(16)20(22)15-23-19-12-10-18(11-13-19)17-8-3-2-4-9-17/h2-4,8-13,16H,5-7,14-15H2,1H3. The van der Waals surface area contributed by atoms with Crippen molar-refractivity contribution in [3.63, 3.8) is 0 Å². The summed E-state index contributed by atoms with van der Waals surface area (Å²) < 4.78 is 5.67. The summed E-state index contributed by atoms with van der Waals surface area (Å²) in [4.78, 5) is 14.2. The minimum Gasteiger partial charge on any atom is -0.484 e. The molecule has 1 saturated heterocycles. The summed E-state index contributed by atoms with van der Waals surface area (Å²) in [7, 11) is 0. The van der Waals surface area contributed by atoms with E-state index >= 15 is 0 Å². The normalized spacial score (nSPS) is 17.8. The van der Waals surface area contributed by atoms with Crippen molar-refractivity contribution in [1.82, 2.24) is 4.90 Å². The summed E-state index contributed by atoms with van der Waals surface area (Å²) >= 11 is 0. The van der Waals surface area contributed by atoms with E-state index in [2.05, 4.69) is 19.1 Å². The predicted molar refractivity (Wildman–Crippen MR) is 92.4 cm³/mol. The Morgan fingerprint density at radius 2 is 1.74 bits per heavy atom. The van der Waals surface area contributed by atoms with Crippen LogP contribution in [0.1, 0.15) is 26.2 Å². The van der Waals surface area contributed by atoms with E-state index in [1.54, 1.807) is 0 Å². The van der Waals surface area contributed by atoms with Crippen LogP contribution in [0, 0.1) is 0 Å². The summed E-state index contributed by atoms with van der Waals surface area (Å²) in [6.45, 7) is 3.09. The molecule has 1 aliphatic heterocycles. The minimum absolute atomic E-state index is 0.0873. The van der Waals surface area contributed by atoms with Crippen molar-refractivity contribution in [3.8, 4) is 16.9 Å². The van der Waals surface area contributed by atoms with Crippen LogP contribution in [0.25, 0.3) is 11.1 Å². The Hall–Kier alpha value is -2.29. The van der Waals surface area contributed by atoms with Crippen molar-refractivity contribution in [1.29, 1.82) is 0 Å². The SMILES string of the molecule is CC1CCCCN1C(=O)COc1ccc(-c2ccccc2)cc1. The topological polar surface area (TPSA) is 29.5 Å². The Balaban J connectivity index is 1.57. The quantitative estimate of drug-likeness (QED) is 0.849. The maximum Gasteiger partial charge on any atom is 0.260 e. The molecule has 0 bridgehead atoms. The van der Waals surface area contributed by atoms with Crippen LogP contribution in [-0.4, -0.2) is 30.0 Å². The van der Waals surface area contributed by atoms with Crippen molar-refractivity contribution in [2.24, 2.45) is 0 Å². The lowest BCUT2D eigenvalue weighted by molar-refractivity contribution is -0.136. The van der Waals surface area contributed by atoms with E-state index in [1.807, 2.05) is 47.4 Å². The number of ether oxygens (including phenoxy) is 1. The highest BCUT2D eigenvalue weighted by Gasteiger charge is 2.23. The zero-order valence-electron chi connectivity index (χ0n) is 13.6. The number of nitrogens with zero attached hydrogens (tertiary/aromatic N) is 1. The van der Waals surface area contributed by atoms with Gasteiger partial charge in [-0.05, 0) is 49.4 Å². The van der Waals surface area contributed by atoms with Gasteiger partial charge in [0.15, 0.2) is 6.61 Å². The number of carbonyl (C=O) groups excluding carboxylic acids is 1. The van der Waals surface area contributed by atoms with Gasteiger partial charge in [0.25, 0.3) is 5.91 Å². The lowest BCUT2D eigenvalue weighted by Crippen LogP contribution is -2.44. The third kappa shape index (κ3) is 3.92. The predicted octanol–water partition coefficient (Wildman–Crippen LogP) is 4.13. The number of piperidine rings is 1. The first-order valence-electron chi connectivity index (χ1n) is 8.32. The van der Waals surface area contributed by atoms with Gasteiger partial charge in [0.05, 0.1) is 0 Å². The van der Waals surface area contributed by atoms with Crippen LogP contribution in [0.5, 0.6) is 5.75 Å². The molecule has 1 atom stereocenters. The number of rotatable bonds is 4. The molecule has 0 spiro atoms. The summed E-state index contributed by atoms with van der Waals surface area (Å²) in [6.07, 6.45) is 3.41. The molecular formula is C20H23NO2. The smallest absolute Gasteiger partial charge is 0.260 e. The largest absolute Gasteiger partial charge is 0.484 e. The number of amides is 1. The summed E-state index contributed by atoms with van der Waals surface area (Å²) in [5.74, 6) is 0.826. The Morgan fingerprint density at radius 1 is 1.04 bits per heavy atom. The van der Waals surface area contributed by atoms with Crippen molar-refractivity contribution in [2.45, 2.75) is 32.2 Å². The van der Waals surface area contributed by atoms with E-state index in [0.717, 1.165) is 30.7 Å². The maximum absolute atomic E-state index is 12.3. The molecule has 0 aromatic heterocycles. The fourth-order valence-electron chi connectivity index (χ4n) is 3.07. The van der Waals surface area contributed by atoms with Crippen molar-refractivity contribution >= 4 is 5.91 Å². The Morgan fingerprint density at radius 3 is 2.43 bits per heavy atom. The summed E-state index contributed by atoms with van der Waals surface area (Å²) in [5, 5.41) is 0. The number of hydrogen-bond acceptors (Lipinski definition) is 2. The highest BCUT2D eigenvalue weighted by molar-refractivity contribution is 5.78. The van der Waals surface area contributed by atoms with Crippen molar-refractivity contribution in [3.05, 3.63) is 54.6 Å². The van der Waals surface area contributed by atoms with Crippen molar-refractivity contribution in [2.75, 3.05) is 13.2 Å². The number of carbonyl (C=O) groups is 1. The highest BCUT2D eigenvalue weighted by atomic mass is 16.5. The molecule has 23 heavy (non-hydrogen) atoms. The van der Waals surface area contributed by atoms with Gasteiger partial charge < -0.3 is 9.64 Å². The molecule has 3 heteroatoms. The third-order valence-corrected chi connectivity index (χ3v) is 4.45. The van der Waals surface area contributed by atoms with E-state index in [4.69, 9.17) is 4.74 Å². The van der Waals surface area contributed by atoms with Gasteiger partial charge in [-0.15, -0.1) is 0 Å². The molecule has 2 aromatic carbocycles. The minimum atomic E-state index is 0.0873. The number of benzene rings is 2. The molecule has 0 aliphatic carbocycles. The van der Waals surface area contributed by atoms with E-state index < -0.39 is 0 Å². The third-order valence-electron chi connectivity index (χ3n) is 4.45. The molecule has 1 heterocycles. The Bertz CT molecular complexity index is 636. The van der Waals surface area contributed by atoms with Gasteiger partial charge in [0.2, 0.25) is 0 Å². The molecule has 120 valence electrons. The second-order valence-corrected chi connectivity index (χ2v) is 6.11. The zero-order valence-corrected chi connectivity index (χ0v) is 13.6. The first-order chi connectivity index (χ1) is 11.2. The molecule has 3 nitrogen and oxygen atoms in total. The lowest BCUT2D eigenvalue weighted by atomic mass is 10.0. The molecular weight excluding hydrogens is 286 g/mol. The lowest BCUT2D eigenvalue weighted by Gasteiger charge is -2.33. The van der Waals surface area contributed by atoms with Crippen molar-refractivity contribution < 1.29 is 9.53 Å². The second-order valence-electron chi connectivity index (χ2n) is 6.11. The second kappa shape index (κ2) is 7.32. The highest BCUT2D eigenvalue weighted by Crippen LogP contribution is 2.22. The molecule has 3 rings (SSSR count). The molecule has 2 aromatic rings. The van der Waals surface area contributed by atoms with Crippen LogP contribution in [0.15, 0.2) is 54.6 Å². The first-order valence-corrected chi connectivity index (χ1v) is 8.32. The first kappa shape index (κ1) is 15.6. The molecule has 1 fully saturated rings.